The molecule has 1 N–H and O–H groups in total. The van der Waals surface area contributed by atoms with Gasteiger partial charge in [0.15, 0.2) is 0 Å². The third-order valence-electron chi connectivity index (χ3n) is 4.83. The van der Waals surface area contributed by atoms with Gasteiger partial charge in [-0.15, -0.1) is 10.2 Å². The van der Waals surface area contributed by atoms with Gasteiger partial charge in [0, 0.05) is 18.5 Å². The lowest BCUT2D eigenvalue weighted by molar-refractivity contribution is -0.136. The van der Waals surface area contributed by atoms with Crippen LogP contribution >= 0.6 is 0 Å². The maximum atomic E-state index is 12.7. The molecule has 29 heavy (non-hydrogen) atoms. The smallest absolute Gasteiger partial charge is 0.389 e. The van der Waals surface area contributed by atoms with E-state index in [9.17, 15) is 21.6 Å². The molecule has 0 radical (unpaired) electrons. The Morgan fingerprint density at radius 3 is 2.48 bits per heavy atom. The topological polar surface area (TPSA) is 86.1 Å². The Kier molecular flexibility index (Phi) is 6.78. The Morgan fingerprint density at radius 1 is 1.14 bits per heavy atom. The van der Waals surface area contributed by atoms with Crippen molar-refractivity contribution in [2.45, 2.75) is 61.7 Å². The number of nitrogens with one attached hydrogen (secondary N) is 1. The summed E-state index contributed by atoms with van der Waals surface area (Å²) in [7, 11) is -3.71. The van der Waals surface area contributed by atoms with Crippen LogP contribution in [0.3, 0.4) is 0 Å². The van der Waals surface area contributed by atoms with Gasteiger partial charge in [-0.25, -0.2) is 13.1 Å². The molecule has 1 aromatic heterocycles. The minimum atomic E-state index is -4.21. The first-order valence-corrected chi connectivity index (χ1v) is 10.9. The number of aromatic nitrogens is 3. The van der Waals surface area contributed by atoms with Crippen LogP contribution < -0.4 is 9.46 Å². The highest BCUT2D eigenvalue weighted by Crippen LogP contribution is 2.29. The minimum absolute atomic E-state index is 0.0869. The fourth-order valence-corrected chi connectivity index (χ4v) is 4.69. The molecule has 1 heterocycles. The van der Waals surface area contributed by atoms with E-state index in [2.05, 4.69) is 14.9 Å². The van der Waals surface area contributed by atoms with Crippen molar-refractivity contribution >= 4 is 10.0 Å². The molecule has 3 rings (SSSR count). The Labute approximate surface area is 167 Å². The maximum absolute atomic E-state index is 12.7. The lowest BCUT2D eigenvalue weighted by Crippen LogP contribution is -2.38. The van der Waals surface area contributed by atoms with Crippen LogP contribution in [0.25, 0.3) is 0 Å². The molecule has 0 amide bonds. The van der Waals surface area contributed by atoms with E-state index in [0.29, 0.717) is 12.2 Å². The molecule has 0 aliphatic heterocycles. The van der Waals surface area contributed by atoms with Gasteiger partial charge in [0.2, 0.25) is 10.0 Å². The van der Waals surface area contributed by atoms with Gasteiger partial charge in [-0.3, -0.25) is 0 Å². The number of hydrogen-bond acceptors (Lipinski definition) is 5. The van der Waals surface area contributed by atoms with Gasteiger partial charge in [0.1, 0.15) is 18.4 Å². The zero-order valence-corrected chi connectivity index (χ0v) is 16.5. The number of rotatable bonds is 8. The Balaban J connectivity index is 1.54. The summed E-state index contributed by atoms with van der Waals surface area (Å²) in [6.45, 7) is -0.0869. The van der Waals surface area contributed by atoms with E-state index >= 15 is 0 Å². The summed E-state index contributed by atoms with van der Waals surface area (Å²) >= 11 is 0. The number of halogens is 3. The third kappa shape index (κ3) is 6.43. The van der Waals surface area contributed by atoms with Crippen LogP contribution in [0.1, 0.15) is 44.6 Å². The zero-order valence-electron chi connectivity index (χ0n) is 15.7. The highest BCUT2D eigenvalue weighted by Gasteiger charge is 2.28. The molecule has 0 spiro atoms. The van der Waals surface area contributed by atoms with Crippen molar-refractivity contribution in [3.05, 3.63) is 36.9 Å². The number of alkyl halides is 3. The number of nitrogens with zero attached hydrogens (tertiary/aromatic N) is 3. The second-order valence-corrected chi connectivity index (χ2v) is 8.80. The van der Waals surface area contributed by atoms with E-state index in [1.807, 2.05) is 4.57 Å². The van der Waals surface area contributed by atoms with Crippen molar-refractivity contribution in [3.8, 4) is 5.75 Å². The van der Waals surface area contributed by atoms with E-state index in [-0.39, 0.29) is 30.0 Å². The molecule has 2 atom stereocenters. The fourth-order valence-electron chi connectivity index (χ4n) is 3.40. The molecule has 11 heteroatoms. The predicted molar refractivity (Wildman–Crippen MR) is 98.9 cm³/mol. The van der Waals surface area contributed by atoms with Crippen LogP contribution in [-0.2, 0) is 10.0 Å². The first kappa shape index (κ1) is 21.6. The fraction of sp³-hybridized carbons (Fsp3) is 0.556. The molecule has 2 unspecified atom stereocenters. The monoisotopic (exact) mass is 432 g/mol. The zero-order chi connectivity index (χ0) is 20.9. The number of benzene rings is 1. The summed E-state index contributed by atoms with van der Waals surface area (Å²) in [4.78, 5) is 0.0894. The molecule has 1 aromatic carbocycles. The van der Waals surface area contributed by atoms with E-state index in [4.69, 9.17) is 4.74 Å². The summed E-state index contributed by atoms with van der Waals surface area (Å²) < 4.78 is 71.6. The number of ether oxygens (including phenoxy) is 1. The third-order valence-corrected chi connectivity index (χ3v) is 6.37. The second kappa shape index (κ2) is 9.12. The van der Waals surface area contributed by atoms with Crippen molar-refractivity contribution < 1.29 is 26.3 Å². The first-order valence-electron chi connectivity index (χ1n) is 9.39. The summed E-state index contributed by atoms with van der Waals surface area (Å²) in [6.07, 6.45) is 1.22. The largest absolute Gasteiger partial charge is 0.494 e. The lowest BCUT2D eigenvalue weighted by Gasteiger charge is -2.30. The molecule has 2 aromatic rings. The van der Waals surface area contributed by atoms with E-state index in [1.54, 1.807) is 12.7 Å². The highest BCUT2D eigenvalue weighted by molar-refractivity contribution is 7.89. The van der Waals surface area contributed by atoms with Gasteiger partial charge < -0.3 is 9.30 Å². The normalized spacial score (nSPS) is 20.5. The average Bonchev–Trinajstić information content (AvgIpc) is 3.20. The van der Waals surface area contributed by atoms with Crippen molar-refractivity contribution in [2.24, 2.45) is 0 Å². The SMILES string of the molecule is O=S(=O)(NC1CCCC(n2cnnc2)C1)c1ccc(OCCCC(F)(F)F)cc1. The van der Waals surface area contributed by atoms with Crippen LogP contribution in [0.15, 0.2) is 41.8 Å². The van der Waals surface area contributed by atoms with Gasteiger partial charge in [-0.05, 0) is 56.4 Å². The van der Waals surface area contributed by atoms with Crippen molar-refractivity contribution in [1.29, 1.82) is 0 Å². The van der Waals surface area contributed by atoms with Crippen LogP contribution in [0, 0.1) is 0 Å². The molecule has 1 saturated carbocycles. The van der Waals surface area contributed by atoms with E-state index < -0.39 is 22.6 Å². The van der Waals surface area contributed by atoms with Gasteiger partial charge in [-0.1, -0.05) is 0 Å². The van der Waals surface area contributed by atoms with Crippen molar-refractivity contribution in [1.82, 2.24) is 19.5 Å². The lowest BCUT2D eigenvalue weighted by atomic mass is 9.91. The van der Waals surface area contributed by atoms with Crippen molar-refractivity contribution in [3.63, 3.8) is 0 Å². The molecule has 160 valence electrons. The summed E-state index contributed by atoms with van der Waals surface area (Å²) in [6, 6.07) is 5.63. The Hall–Kier alpha value is -2.14. The van der Waals surface area contributed by atoms with Crippen LogP contribution in [0.2, 0.25) is 0 Å². The minimum Gasteiger partial charge on any atom is -0.494 e. The standard InChI is InChI=1S/C18H23F3N4O3S/c19-18(20,21)9-2-10-28-16-5-7-17(8-6-16)29(26,27)24-14-3-1-4-15(11-14)25-12-22-23-13-25/h5-8,12-15,24H,1-4,9-11H2. The van der Waals surface area contributed by atoms with Crippen LogP contribution in [0.5, 0.6) is 5.75 Å². The van der Waals surface area contributed by atoms with Gasteiger partial charge in [0.25, 0.3) is 0 Å². The van der Waals surface area contributed by atoms with Crippen LogP contribution in [-0.4, -0.2) is 42.0 Å². The van der Waals surface area contributed by atoms with E-state index in [0.717, 1.165) is 19.3 Å². The Morgan fingerprint density at radius 2 is 1.83 bits per heavy atom. The quantitative estimate of drug-likeness (QED) is 0.646. The number of hydrogen-bond donors (Lipinski definition) is 1. The molecule has 0 saturated heterocycles. The molecular formula is C18H23F3N4O3S. The summed E-state index contributed by atoms with van der Waals surface area (Å²) in [5, 5.41) is 7.60. The molecule has 1 fully saturated rings. The first-order chi connectivity index (χ1) is 13.7. The highest BCUT2D eigenvalue weighted by atomic mass is 32.2. The molecule has 1 aliphatic carbocycles. The Bertz CT molecular complexity index is 871. The molecule has 0 bridgehead atoms. The second-order valence-electron chi connectivity index (χ2n) is 7.09. The molecular weight excluding hydrogens is 409 g/mol. The molecule has 7 nitrogen and oxygen atoms in total. The van der Waals surface area contributed by atoms with Crippen LogP contribution in [0.4, 0.5) is 13.2 Å². The maximum Gasteiger partial charge on any atom is 0.389 e. The van der Waals surface area contributed by atoms with Gasteiger partial charge in [0.05, 0.1) is 11.5 Å². The molecule has 1 aliphatic rings. The van der Waals surface area contributed by atoms with Crippen molar-refractivity contribution in [2.75, 3.05) is 6.61 Å². The van der Waals surface area contributed by atoms with E-state index in [1.165, 1.54) is 24.3 Å². The number of sulfonamides is 1. The van der Waals surface area contributed by atoms with Gasteiger partial charge >= 0.3 is 6.18 Å². The average molecular weight is 432 g/mol. The predicted octanol–water partition coefficient (Wildman–Crippen LogP) is 3.46. The van der Waals surface area contributed by atoms with Gasteiger partial charge in [-0.2, -0.15) is 13.2 Å². The summed E-state index contributed by atoms with van der Waals surface area (Å²) in [5.74, 6) is 0.330. The summed E-state index contributed by atoms with van der Waals surface area (Å²) in [5.41, 5.74) is 0.